The van der Waals surface area contributed by atoms with Crippen LogP contribution in [0.4, 0.5) is 23.0 Å². The summed E-state index contributed by atoms with van der Waals surface area (Å²) in [6.07, 6.45) is 3.71. The molecule has 11 heteroatoms. The summed E-state index contributed by atoms with van der Waals surface area (Å²) in [5, 5.41) is 6.99. The molecule has 5 rings (SSSR count). The molecule has 0 spiro atoms. The van der Waals surface area contributed by atoms with E-state index in [2.05, 4.69) is 50.1 Å². The second kappa shape index (κ2) is 12.4. The lowest BCUT2D eigenvalue weighted by Crippen LogP contribution is -2.44. The molecule has 3 heterocycles. The Morgan fingerprint density at radius 1 is 1.15 bits per heavy atom. The van der Waals surface area contributed by atoms with E-state index in [-0.39, 0.29) is 22.9 Å². The van der Waals surface area contributed by atoms with Crippen molar-refractivity contribution in [1.29, 1.82) is 0 Å². The third-order valence-corrected chi connectivity index (χ3v) is 7.37. The van der Waals surface area contributed by atoms with Crippen molar-refractivity contribution in [2.45, 2.75) is 12.5 Å². The number of likely N-dealkylation sites (tertiary alicyclic amines) is 1. The monoisotopic (exact) mass is 563 g/mol. The van der Waals surface area contributed by atoms with Gasteiger partial charge in [0, 0.05) is 68.8 Å². The van der Waals surface area contributed by atoms with Gasteiger partial charge in [0.05, 0.1) is 19.0 Å². The molecule has 3 aromatic rings. The topological polar surface area (TPSA) is 95.1 Å². The average molecular weight is 564 g/mol. The molecule has 2 aliphatic heterocycles. The third kappa shape index (κ3) is 6.57. The molecule has 0 bridgehead atoms. The van der Waals surface area contributed by atoms with E-state index in [1.165, 1.54) is 12.3 Å². The Hall–Kier alpha value is -4.02. The Bertz CT molecular complexity index is 1360. The van der Waals surface area contributed by atoms with Gasteiger partial charge in [0.25, 0.3) is 0 Å². The third-order valence-electron chi connectivity index (χ3n) is 7.11. The molecule has 1 amide bonds. The van der Waals surface area contributed by atoms with Crippen molar-refractivity contribution in [2.75, 3.05) is 69.0 Å². The van der Waals surface area contributed by atoms with Crippen LogP contribution in [0.3, 0.4) is 0 Å². The van der Waals surface area contributed by atoms with Gasteiger partial charge in [-0.3, -0.25) is 4.79 Å². The van der Waals surface area contributed by atoms with Gasteiger partial charge in [-0.1, -0.05) is 24.2 Å². The predicted molar refractivity (Wildman–Crippen MR) is 158 cm³/mol. The van der Waals surface area contributed by atoms with Crippen LogP contribution in [-0.2, 0) is 4.79 Å². The van der Waals surface area contributed by atoms with Gasteiger partial charge in [-0.2, -0.15) is 4.98 Å². The van der Waals surface area contributed by atoms with Crippen LogP contribution in [0.2, 0.25) is 5.02 Å². The lowest BCUT2D eigenvalue weighted by Gasteiger charge is -2.34. The number of aromatic nitrogens is 2. The fourth-order valence-electron chi connectivity index (χ4n) is 4.85. The molecular formula is C29H34ClN7O3. The van der Waals surface area contributed by atoms with Crippen molar-refractivity contribution in [1.82, 2.24) is 19.8 Å². The first-order chi connectivity index (χ1) is 19.4. The first-order valence-corrected chi connectivity index (χ1v) is 13.7. The molecule has 1 aromatic heterocycles. The summed E-state index contributed by atoms with van der Waals surface area (Å²) in [6.45, 7) is 8.89. The Labute approximate surface area is 239 Å². The predicted octanol–water partition coefficient (Wildman–Crippen LogP) is 4.63. The van der Waals surface area contributed by atoms with Gasteiger partial charge in [0.15, 0.2) is 0 Å². The van der Waals surface area contributed by atoms with Crippen LogP contribution in [-0.4, -0.2) is 85.1 Å². The summed E-state index contributed by atoms with van der Waals surface area (Å²) in [5.41, 5.74) is 2.73. The molecule has 2 N–H and O–H groups in total. The van der Waals surface area contributed by atoms with Crippen molar-refractivity contribution in [3.8, 4) is 17.4 Å². The van der Waals surface area contributed by atoms with E-state index >= 15 is 0 Å². The van der Waals surface area contributed by atoms with E-state index in [1.807, 2.05) is 36.4 Å². The molecule has 1 atom stereocenters. The number of methoxy groups -OCH3 is 1. The number of nitrogens with zero attached hydrogens (tertiary/aromatic N) is 5. The quantitative estimate of drug-likeness (QED) is 0.361. The molecule has 2 saturated heterocycles. The Balaban J connectivity index is 1.26. The van der Waals surface area contributed by atoms with E-state index < -0.39 is 0 Å². The first kappa shape index (κ1) is 27.5. The summed E-state index contributed by atoms with van der Waals surface area (Å²) in [7, 11) is 3.79. The average Bonchev–Trinajstić information content (AvgIpc) is 3.43. The number of carbonyl (C=O) groups excluding carboxylic acids is 1. The standard InChI is InChI=1S/C29H34ClN7O3/c1-4-27(38)37-11-10-21(19-37)32-20-6-5-7-23(16-20)40-28-24(30)18-31-29(34-28)33-25-9-8-22(17-26(25)39-3)36-14-12-35(2)13-15-36/h4-9,16-18,21,32H,1,10-15,19H2,2-3H3,(H,31,33,34). The molecular weight excluding hydrogens is 530 g/mol. The van der Waals surface area contributed by atoms with E-state index in [0.717, 1.165) is 49.7 Å². The highest BCUT2D eigenvalue weighted by Gasteiger charge is 2.24. The molecule has 2 aliphatic rings. The number of hydrogen-bond acceptors (Lipinski definition) is 9. The minimum atomic E-state index is -0.0483. The van der Waals surface area contributed by atoms with Crippen LogP contribution in [0.1, 0.15) is 6.42 Å². The van der Waals surface area contributed by atoms with E-state index in [9.17, 15) is 4.79 Å². The van der Waals surface area contributed by atoms with Crippen LogP contribution in [0.5, 0.6) is 17.4 Å². The molecule has 10 nitrogen and oxygen atoms in total. The fraction of sp³-hybridized carbons (Fsp3) is 0.345. The number of benzene rings is 2. The summed E-state index contributed by atoms with van der Waals surface area (Å²) >= 11 is 6.39. The van der Waals surface area contributed by atoms with Gasteiger partial charge in [0.2, 0.25) is 17.7 Å². The number of likely N-dealkylation sites (N-methyl/N-ethyl adjacent to an activating group) is 1. The maximum Gasteiger partial charge on any atom is 0.246 e. The highest BCUT2D eigenvalue weighted by Crippen LogP contribution is 2.34. The van der Waals surface area contributed by atoms with Crippen LogP contribution in [0.25, 0.3) is 0 Å². The minimum absolute atomic E-state index is 0.0483. The van der Waals surface area contributed by atoms with Gasteiger partial charge < -0.3 is 34.8 Å². The number of amides is 1. The van der Waals surface area contributed by atoms with Crippen LogP contribution in [0, 0.1) is 0 Å². The van der Waals surface area contributed by atoms with E-state index in [0.29, 0.717) is 30.5 Å². The number of anilines is 4. The van der Waals surface area contributed by atoms with Crippen molar-refractivity contribution < 1.29 is 14.3 Å². The van der Waals surface area contributed by atoms with Gasteiger partial charge in [-0.05, 0) is 43.8 Å². The lowest BCUT2D eigenvalue weighted by atomic mass is 10.2. The van der Waals surface area contributed by atoms with E-state index in [4.69, 9.17) is 21.1 Å². The van der Waals surface area contributed by atoms with Crippen LogP contribution < -0.4 is 25.0 Å². The molecule has 1 unspecified atom stereocenters. The van der Waals surface area contributed by atoms with E-state index in [1.54, 1.807) is 12.0 Å². The first-order valence-electron chi connectivity index (χ1n) is 13.3. The Morgan fingerprint density at radius 3 is 2.75 bits per heavy atom. The minimum Gasteiger partial charge on any atom is -0.494 e. The van der Waals surface area contributed by atoms with Gasteiger partial charge >= 0.3 is 0 Å². The number of ether oxygens (including phenoxy) is 2. The van der Waals surface area contributed by atoms with Crippen molar-refractivity contribution >= 4 is 40.5 Å². The van der Waals surface area contributed by atoms with Gasteiger partial charge in [-0.25, -0.2) is 4.98 Å². The molecule has 2 aromatic carbocycles. The second-order valence-electron chi connectivity index (χ2n) is 9.89. The number of piperazine rings is 1. The second-order valence-corrected chi connectivity index (χ2v) is 10.3. The zero-order valence-electron chi connectivity index (χ0n) is 22.8. The van der Waals surface area contributed by atoms with Crippen molar-refractivity contribution in [3.63, 3.8) is 0 Å². The fourth-order valence-corrected chi connectivity index (χ4v) is 4.98. The summed E-state index contributed by atoms with van der Waals surface area (Å²) in [4.78, 5) is 27.2. The van der Waals surface area contributed by atoms with Crippen LogP contribution >= 0.6 is 11.6 Å². The lowest BCUT2D eigenvalue weighted by molar-refractivity contribution is -0.125. The summed E-state index contributed by atoms with van der Waals surface area (Å²) < 4.78 is 11.7. The van der Waals surface area contributed by atoms with Gasteiger partial charge in [-0.15, -0.1) is 0 Å². The zero-order chi connectivity index (χ0) is 28.1. The number of carbonyl (C=O) groups is 1. The number of halogens is 1. The SMILES string of the molecule is C=CC(=O)N1CCC(Nc2cccc(Oc3nc(Nc4ccc(N5CCN(C)CC5)cc4OC)ncc3Cl)c2)C1. The molecule has 40 heavy (non-hydrogen) atoms. The maximum absolute atomic E-state index is 11.9. The smallest absolute Gasteiger partial charge is 0.246 e. The number of hydrogen-bond donors (Lipinski definition) is 2. The highest BCUT2D eigenvalue weighted by molar-refractivity contribution is 6.31. The summed E-state index contributed by atoms with van der Waals surface area (Å²) in [6, 6.07) is 13.8. The molecule has 0 aliphatic carbocycles. The normalized spacial score (nSPS) is 17.4. The summed E-state index contributed by atoms with van der Waals surface area (Å²) in [5.74, 6) is 1.78. The number of rotatable bonds is 9. The molecule has 2 fully saturated rings. The molecule has 0 saturated carbocycles. The van der Waals surface area contributed by atoms with Crippen molar-refractivity contribution in [2.24, 2.45) is 0 Å². The molecule has 210 valence electrons. The van der Waals surface area contributed by atoms with Crippen LogP contribution in [0.15, 0.2) is 61.3 Å². The molecule has 0 radical (unpaired) electrons. The zero-order valence-corrected chi connectivity index (χ0v) is 23.5. The highest BCUT2D eigenvalue weighted by atomic mass is 35.5. The van der Waals surface area contributed by atoms with Crippen molar-refractivity contribution in [3.05, 3.63) is 66.3 Å². The maximum atomic E-state index is 11.9. The van der Waals surface area contributed by atoms with Gasteiger partial charge in [0.1, 0.15) is 16.5 Å². The number of nitrogens with one attached hydrogen (secondary N) is 2. The Morgan fingerprint density at radius 2 is 1.98 bits per heavy atom. The Kier molecular flexibility index (Phi) is 8.57. The largest absolute Gasteiger partial charge is 0.494 e.